The molecule has 0 radical (unpaired) electrons. The summed E-state index contributed by atoms with van der Waals surface area (Å²) in [5.74, 6) is 0.680. The number of alkyl halides is 1. The monoisotopic (exact) mass is 283 g/mol. The highest BCUT2D eigenvalue weighted by molar-refractivity contribution is 7.09. The molecule has 0 aliphatic carbocycles. The van der Waals surface area contributed by atoms with E-state index in [0.717, 1.165) is 29.1 Å². The van der Waals surface area contributed by atoms with E-state index in [2.05, 4.69) is 4.98 Å². The third kappa shape index (κ3) is 3.79. The van der Waals surface area contributed by atoms with Crippen molar-refractivity contribution in [3.8, 4) is 0 Å². The minimum absolute atomic E-state index is 0.189. The van der Waals surface area contributed by atoms with Crippen LogP contribution in [0.25, 0.3) is 0 Å². The van der Waals surface area contributed by atoms with Gasteiger partial charge < -0.3 is 0 Å². The summed E-state index contributed by atoms with van der Waals surface area (Å²) in [4.78, 5) is 4.44. The average Bonchev–Trinajstić information content (AvgIpc) is 2.74. The molecular weight excluding hydrogens is 269 g/mol. The molecule has 0 N–H and O–H groups in total. The molecular formula is C14H15ClFNS. The molecule has 2 aromatic rings. The summed E-state index contributed by atoms with van der Waals surface area (Å²) in [5, 5.41) is 3.15. The predicted octanol–water partition coefficient (Wildman–Crippen LogP) is 4.23. The number of halogens is 2. The van der Waals surface area contributed by atoms with Crippen LogP contribution in [0.15, 0.2) is 29.6 Å². The van der Waals surface area contributed by atoms with Gasteiger partial charge in [-0.3, -0.25) is 0 Å². The summed E-state index contributed by atoms with van der Waals surface area (Å²) in [5.41, 5.74) is 2.04. The first-order valence-electron chi connectivity index (χ1n) is 5.89. The van der Waals surface area contributed by atoms with E-state index in [-0.39, 0.29) is 5.82 Å². The van der Waals surface area contributed by atoms with Crippen molar-refractivity contribution >= 4 is 22.9 Å². The third-order valence-corrected chi connectivity index (χ3v) is 4.19. The van der Waals surface area contributed by atoms with Gasteiger partial charge in [0, 0.05) is 23.4 Å². The van der Waals surface area contributed by atoms with Gasteiger partial charge in [0.25, 0.3) is 0 Å². The molecule has 1 unspecified atom stereocenters. The summed E-state index contributed by atoms with van der Waals surface area (Å²) >= 11 is 7.66. The second-order valence-electron chi connectivity index (χ2n) is 4.44. The standard InChI is InChI=1S/C14H15ClFNS/c1-10-9-18-14(17-10)7-12(8-15)5-11-3-2-4-13(16)6-11/h2-4,6,9,12H,5,7-8H2,1H3. The first-order valence-corrected chi connectivity index (χ1v) is 7.30. The normalized spacial score (nSPS) is 12.6. The van der Waals surface area contributed by atoms with Crippen molar-refractivity contribution in [1.82, 2.24) is 4.98 Å². The highest BCUT2D eigenvalue weighted by atomic mass is 35.5. The SMILES string of the molecule is Cc1csc(CC(CCl)Cc2cccc(F)c2)n1. The van der Waals surface area contributed by atoms with E-state index in [1.165, 1.54) is 6.07 Å². The van der Waals surface area contributed by atoms with Crippen LogP contribution in [0.5, 0.6) is 0 Å². The Morgan fingerprint density at radius 3 is 2.83 bits per heavy atom. The number of aryl methyl sites for hydroxylation is 1. The molecule has 0 aliphatic heterocycles. The number of nitrogens with zero attached hydrogens (tertiary/aromatic N) is 1. The molecule has 1 atom stereocenters. The van der Waals surface area contributed by atoms with Gasteiger partial charge in [-0.1, -0.05) is 12.1 Å². The average molecular weight is 284 g/mol. The van der Waals surface area contributed by atoms with Gasteiger partial charge in [0.1, 0.15) is 5.82 Å². The molecule has 0 fully saturated rings. The van der Waals surface area contributed by atoms with Gasteiger partial charge in [-0.2, -0.15) is 0 Å². The van der Waals surface area contributed by atoms with Crippen molar-refractivity contribution in [3.63, 3.8) is 0 Å². The van der Waals surface area contributed by atoms with E-state index in [0.29, 0.717) is 11.8 Å². The van der Waals surface area contributed by atoms with Crippen LogP contribution >= 0.6 is 22.9 Å². The van der Waals surface area contributed by atoms with Gasteiger partial charge in [0.05, 0.1) is 5.01 Å². The van der Waals surface area contributed by atoms with Crippen LogP contribution in [0.2, 0.25) is 0 Å². The van der Waals surface area contributed by atoms with E-state index in [4.69, 9.17) is 11.6 Å². The van der Waals surface area contributed by atoms with Crippen molar-refractivity contribution in [1.29, 1.82) is 0 Å². The highest BCUT2D eigenvalue weighted by Gasteiger charge is 2.12. The first kappa shape index (κ1) is 13.5. The molecule has 18 heavy (non-hydrogen) atoms. The number of rotatable bonds is 5. The summed E-state index contributed by atoms with van der Waals surface area (Å²) in [7, 11) is 0. The summed E-state index contributed by atoms with van der Waals surface area (Å²) in [6.45, 7) is 1.99. The Morgan fingerprint density at radius 1 is 1.39 bits per heavy atom. The maximum absolute atomic E-state index is 13.1. The second-order valence-corrected chi connectivity index (χ2v) is 5.69. The number of thiazole rings is 1. The molecule has 0 saturated carbocycles. The van der Waals surface area contributed by atoms with E-state index in [1.54, 1.807) is 23.5 Å². The number of benzene rings is 1. The second kappa shape index (κ2) is 6.30. The Bertz CT molecular complexity index is 512. The summed E-state index contributed by atoms with van der Waals surface area (Å²) < 4.78 is 13.1. The maximum Gasteiger partial charge on any atom is 0.123 e. The van der Waals surface area contributed by atoms with Gasteiger partial charge >= 0.3 is 0 Å². The zero-order valence-electron chi connectivity index (χ0n) is 10.2. The molecule has 0 spiro atoms. The maximum atomic E-state index is 13.1. The van der Waals surface area contributed by atoms with Crippen molar-refractivity contribution in [3.05, 3.63) is 51.7 Å². The third-order valence-electron chi connectivity index (χ3n) is 2.76. The number of hydrogen-bond acceptors (Lipinski definition) is 2. The molecule has 0 saturated heterocycles. The molecule has 4 heteroatoms. The van der Waals surface area contributed by atoms with Crippen molar-refractivity contribution in [2.45, 2.75) is 19.8 Å². The Labute approximate surface area is 116 Å². The smallest absolute Gasteiger partial charge is 0.123 e. The minimum atomic E-state index is -0.189. The Hall–Kier alpha value is -0.930. The zero-order valence-corrected chi connectivity index (χ0v) is 11.8. The van der Waals surface area contributed by atoms with Gasteiger partial charge in [0.2, 0.25) is 0 Å². The lowest BCUT2D eigenvalue weighted by molar-refractivity contribution is 0.574. The summed E-state index contributed by atoms with van der Waals surface area (Å²) in [6.07, 6.45) is 1.65. The highest BCUT2D eigenvalue weighted by Crippen LogP contribution is 2.19. The largest absolute Gasteiger partial charge is 0.247 e. The van der Waals surface area contributed by atoms with E-state index >= 15 is 0 Å². The Balaban J connectivity index is 2.01. The fourth-order valence-electron chi connectivity index (χ4n) is 1.92. The van der Waals surface area contributed by atoms with Crippen LogP contribution in [-0.4, -0.2) is 10.9 Å². The van der Waals surface area contributed by atoms with Crippen LogP contribution < -0.4 is 0 Å². The zero-order chi connectivity index (χ0) is 13.0. The first-order chi connectivity index (χ1) is 8.67. The number of hydrogen-bond donors (Lipinski definition) is 0. The minimum Gasteiger partial charge on any atom is -0.247 e. The fourth-order valence-corrected chi connectivity index (χ4v) is 3.03. The van der Waals surface area contributed by atoms with E-state index in [1.807, 2.05) is 18.4 Å². The molecule has 1 nitrogen and oxygen atoms in total. The van der Waals surface area contributed by atoms with Crippen molar-refractivity contribution in [2.75, 3.05) is 5.88 Å². The van der Waals surface area contributed by atoms with Crippen LogP contribution in [0.3, 0.4) is 0 Å². The molecule has 1 aromatic heterocycles. The van der Waals surface area contributed by atoms with Crippen molar-refractivity contribution < 1.29 is 4.39 Å². The fraction of sp³-hybridized carbons (Fsp3) is 0.357. The van der Waals surface area contributed by atoms with E-state index < -0.39 is 0 Å². The van der Waals surface area contributed by atoms with Crippen molar-refractivity contribution in [2.24, 2.45) is 5.92 Å². The Kier molecular flexibility index (Phi) is 4.72. The van der Waals surface area contributed by atoms with Gasteiger partial charge in [-0.15, -0.1) is 22.9 Å². The van der Waals surface area contributed by atoms with Crippen LogP contribution in [0.4, 0.5) is 4.39 Å². The van der Waals surface area contributed by atoms with Gasteiger partial charge in [-0.25, -0.2) is 9.37 Å². The lowest BCUT2D eigenvalue weighted by Gasteiger charge is -2.12. The lowest BCUT2D eigenvalue weighted by Crippen LogP contribution is -2.10. The molecule has 1 aromatic carbocycles. The topological polar surface area (TPSA) is 12.9 Å². The molecule has 1 heterocycles. The van der Waals surface area contributed by atoms with E-state index in [9.17, 15) is 4.39 Å². The molecule has 0 aliphatic rings. The lowest BCUT2D eigenvalue weighted by atomic mass is 9.98. The number of aromatic nitrogens is 1. The van der Waals surface area contributed by atoms with Gasteiger partial charge in [-0.05, 0) is 37.0 Å². The Morgan fingerprint density at radius 2 is 2.22 bits per heavy atom. The van der Waals surface area contributed by atoms with Gasteiger partial charge in [0.15, 0.2) is 0 Å². The molecule has 96 valence electrons. The molecule has 2 rings (SSSR count). The molecule has 0 bridgehead atoms. The quantitative estimate of drug-likeness (QED) is 0.748. The van der Waals surface area contributed by atoms with Crippen LogP contribution in [0, 0.1) is 18.7 Å². The summed E-state index contributed by atoms with van der Waals surface area (Å²) in [6, 6.07) is 6.72. The van der Waals surface area contributed by atoms with Crippen LogP contribution in [-0.2, 0) is 12.8 Å². The van der Waals surface area contributed by atoms with Crippen LogP contribution in [0.1, 0.15) is 16.3 Å². The predicted molar refractivity (Wildman–Crippen MR) is 74.9 cm³/mol. The molecule has 0 amide bonds.